The lowest BCUT2D eigenvalue weighted by atomic mass is 10.1. The molecule has 0 radical (unpaired) electrons. The van der Waals surface area contributed by atoms with E-state index in [1.54, 1.807) is 0 Å². The van der Waals surface area contributed by atoms with Gasteiger partial charge in [-0.05, 0) is 38.6 Å². The summed E-state index contributed by atoms with van der Waals surface area (Å²) >= 11 is 0. The zero-order valence-electron chi connectivity index (χ0n) is 10.4. The lowest BCUT2D eigenvalue weighted by Crippen LogP contribution is -2.45. The minimum atomic E-state index is 0. The summed E-state index contributed by atoms with van der Waals surface area (Å²) in [6.07, 6.45) is 5.97. The van der Waals surface area contributed by atoms with Gasteiger partial charge in [-0.2, -0.15) is 0 Å². The van der Waals surface area contributed by atoms with E-state index < -0.39 is 0 Å². The van der Waals surface area contributed by atoms with Crippen LogP contribution < -0.4 is 5.73 Å². The normalized spacial score (nSPS) is 25.7. The van der Waals surface area contributed by atoms with Gasteiger partial charge in [-0.15, -0.1) is 12.4 Å². The number of piperidine rings is 1. The Kier molecular flexibility index (Phi) is 6.23. The van der Waals surface area contributed by atoms with Crippen LogP contribution in [0.15, 0.2) is 0 Å². The Bertz CT molecular complexity index is 244. The van der Waals surface area contributed by atoms with Crippen molar-refractivity contribution in [2.75, 3.05) is 32.7 Å². The third kappa shape index (κ3) is 3.83. The van der Waals surface area contributed by atoms with Crippen LogP contribution in [0.2, 0.25) is 0 Å². The van der Waals surface area contributed by atoms with E-state index in [2.05, 4.69) is 4.90 Å². The molecule has 0 spiro atoms. The first-order chi connectivity index (χ1) is 7.81. The Morgan fingerprint density at radius 1 is 1.12 bits per heavy atom. The van der Waals surface area contributed by atoms with Crippen molar-refractivity contribution < 1.29 is 4.79 Å². The van der Waals surface area contributed by atoms with Crippen LogP contribution in [0.4, 0.5) is 0 Å². The third-order valence-corrected chi connectivity index (χ3v) is 3.82. The summed E-state index contributed by atoms with van der Waals surface area (Å²) in [5.41, 5.74) is 5.71. The molecule has 17 heavy (non-hydrogen) atoms. The molecule has 0 aromatic carbocycles. The van der Waals surface area contributed by atoms with Gasteiger partial charge in [0, 0.05) is 25.7 Å². The Balaban J connectivity index is 0.00000144. The molecule has 2 fully saturated rings. The van der Waals surface area contributed by atoms with Crippen LogP contribution in [0.3, 0.4) is 0 Å². The van der Waals surface area contributed by atoms with Gasteiger partial charge in [0.2, 0.25) is 5.91 Å². The zero-order chi connectivity index (χ0) is 11.4. The van der Waals surface area contributed by atoms with Crippen LogP contribution in [0.1, 0.15) is 32.1 Å². The highest BCUT2D eigenvalue weighted by Crippen LogP contribution is 2.17. The molecule has 0 aromatic heterocycles. The summed E-state index contributed by atoms with van der Waals surface area (Å²) < 4.78 is 0. The summed E-state index contributed by atoms with van der Waals surface area (Å²) in [5.74, 6) is 0.306. The highest BCUT2D eigenvalue weighted by atomic mass is 35.5. The highest BCUT2D eigenvalue weighted by Gasteiger charge is 2.27. The molecule has 2 aliphatic rings. The van der Waals surface area contributed by atoms with Crippen molar-refractivity contribution in [3.63, 3.8) is 0 Å². The summed E-state index contributed by atoms with van der Waals surface area (Å²) in [5, 5.41) is 0. The largest absolute Gasteiger partial charge is 0.342 e. The second kappa shape index (κ2) is 7.19. The van der Waals surface area contributed by atoms with E-state index in [0.717, 1.165) is 26.1 Å². The molecule has 2 aliphatic heterocycles. The van der Waals surface area contributed by atoms with E-state index in [4.69, 9.17) is 5.73 Å². The van der Waals surface area contributed by atoms with Crippen molar-refractivity contribution >= 4 is 18.3 Å². The minimum absolute atomic E-state index is 0. The van der Waals surface area contributed by atoms with Gasteiger partial charge in [-0.25, -0.2) is 0 Å². The standard InChI is InChI=1S/C12H23N3O.ClH/c13-9-11-5-4-8-15(11)10-12(16)14-6-2-1-3-7-14;/h11H,1-10,13H2;1H. The molecule has 1 unspecified atom stereocenters. The monoisotopic (exact) mass is 261 g/mol. The number of carbonyl (C=O) groups is 1. The van der Waals surface area contributed by atoms with E-state index in [0.29, 0.717) is 25.0 Å². The fraction of sp³-hybridized carbons (Fsp3) is 0.917. The van der Waals surface area contributed by atoms with Crippen molar-refractivity contribution in [1.82, 2.24) is 9.80 Å². The first kappa shape index (κ1) is 14.7. The number of nitrogens with two attached hydrogens (primary N) is 1. The van der Waals surface area contributed by atoms with Gasteiger partial charge in [-0.1, -0.05) is 0 Å². The molecule has 0 bridgehead atoms. The maximum absolute atomic E-state index is 12.1. The number of carbonyl (C=O) groups excluding carboxylic acids is 1. The number of hydrogen-bond acceptors (Lipinski definition) is 3. The Morgan fingerprint density at radius 3 is 2.47 bits per heavy atom. The van der Waals surface area contributed by atoms with E-state index in [-0.39, 0.29) is 12.4 Å². The second-order valence-electron chi connectivity index (χ2n) is 4.94. The quantitative estimate of drug-likeness (QED) is 0.819. The van der Waals surface area contributed by atoms with Crippen molar-refractivity contribution in [2.24, 2.45) is 5.73 Å². The molecule has 0 saturated carbocycles. The maximum atomic E-state index is 12.1. The van der Waals surface area contributed by atoms with Gasteiger partial charge in [-0.3, -0.25) is 9.69 Å². The van der Waals surface area contributed by atoms with Crippen molar-refractivity contribution in [2.45, 2.75) is 38.1 Å². The Morgan fingerprint density at radius 2 is 1.82 bits per heavy atom. The van der Waals surface area contributed by atoms with E-state index in [1.807, 2.05) is 4.90 Å². The molecule has 0 aromatic rings. The molecule has 0 aliphatic carbocycles. The molecular formula is C12H24ClN3O. The summed E-state index contributed by atoms with van der Waals surface area (Å²) in [6.45, 7) is 4.23. The zero-order valence-corrected chi connectivity index (χ0v) is 11.3. The van der Waals surface area contributed by atoms with Gasteiger partial charge in [0.1, 0.15) is 0 Å². The maximum Gasteiger partial charge on any atom is 0.236 e. The van der Waals surface area contributed by atoms with Crippen molar-refractivity contribution in [3.05, 3.63) is 0 Å². The van der Waals surface area contributed by atoms with Crippen LogP contribution in [0, 0.1) is 0 Å². The van der Waals surface area contributed by atoms with Crippen molar-refractivity contribution in [1.29, 1.82) is 0 Å². The number of amides is 1. The van der Waals surface area contributed by atoms with Crippen LogP contribution >= 0.6 is 12.4 Å². The number of rotatable bonds is 3. The lowest BCUT2D eigenvalue weighted by Gasteiger charge is -2.30. The Labute approximate surface area is 110 Å². The minimum Gasteiger partial charge on any atom is -0.342 e. The topological polar surface area (TPSA) is 49.6 Å². The first-order valence-electron chi connectivity index (χ1n) is 6.53. The molecule has 5 heteroatoms. The molecule has 1 amide bonds. The third-order valence-electron chi connectivity index (χ3n) is 3.82. The molecule has 100 valence electrons. The predicted octanol–water partition coefficient (Wildman–Crippen LogP) is 0.844. The van der Waals surface area contributed by atoms with Gasteiger partial charge in [0.15, 0.2) is 0 Å². The van der Waals surface area contributed by atoms with Gasteiger partial charge >= 0.3 is 0 Å². The fourth-order valence-corrected chi connectivity index (χ4v) is 2.79. The van der Waals surface area contributed by atoms with Crippen molar-refractivity contribution in [3.8, 4) is 0 Å². The lowest BCUT2D eigenvalue weighted by molar-refractivity contribution is -0.133. The average Bonchev–Trinajstić information content (AvgIpc) is 2.77. The first-order valence-corrected chi connectivity index (χ1v) is 6.53. The van der Waals surface area contributed by atoms with Crippen LogP contribution in [-0.4, -0.2) is 54.5 Å². The number of nitrogens with zero attached hydrogens (tertiary/aromatic N) is 2. The molecule has 2 N–H and O–H groups in total. The number of likely N-dealkylation sites (tertiary alicyclic amines) is 2. The number of halogens is 1. The second-order valence-corrected chi connectivity index (χ2v) is 4.94. The smallest absolute Gasteiger partial charge is 0.236 e. The van der Waals surface area contributed by atoms with Crippen LogP contribution in [0.25, 0.3) is 0 Å². The van der Waals surface area contributed by atoms with Crippen LogP contribution in [-0.2, 0) is 4.79 Å². The van der Waals surface area contributed by atoms with E-state index in [9.17, 15) is 4.79 Å². The Hall–Kier alpha value is -0.320. The molecule has 4 nitrogen and oxygen atoms in total. The summed E-state index contributed by atoms with van der Waals surface area (Å²) in [6, 6.07) is 0.439. The highest BCUT2D eigenvalue weighted by molar-refractivity contribution is 5.85. The van der Waals surface area contributed by atoms with Gasteiger partial charge < -0.3 is 10.6 Å². The van der Waals surface area contributed by atoms with E-state index in [1.165, 1.54) is 25.7 Å². The van der Waals surface area contributed by atoms with Gasteiger partial charge in [0.25, 0.3) is 0 Å². The molecule has 1 atom stereocenters. The SMILES string of the molecule is Cl.NCC1CCCN1CC(=O)N1CCCCC1. The molecular weight excluding hydrogens is 238 g/mol. The number of hydrogen-bond donors (Lipinski definition) is 1. The molecule has 2 rings (SSSR count). The fourth-order valence-electron chi connectivity index (χ4n) is 2.79. The molecule has 2 saturated heterocycles. The average molecular weight is 262 g/mol. The summed E-state index contributed by atoms with van der Waals surface area (Å²) in [4.78, 5) is 16.3. The summed E-state index contributed by atoms with van der Waals surface area (Å²) in [7, 11) is 0. The van der Waals surface area contributed by atoms with E-state index >= 15 is 0 Å². The predicted molar refractivity (Wildman–Crippen MR) is 71.3 cm³/mol. The molecule has 2 heterocycles. The van der Waals surface area contributed by atoms with Crippen LogP contribution in [0.5, 0.6) is 0 Å². The van der Waals surface area contributed by atoms with Gasteiger partial charge in [0.05, 0.1) is 6.54 Å².